The van der Waals surface area contributed by atoms with Crippen molar-refractivity contribution in [3.8, 4) is 6.07 Å². The number of hydrogen-bond acceptors (Lipinski definition) is 7. The molecule has 2 aliphatic heterocycles. The number of carbonyl (C=O) groups is 1. The highest BCUT2D eigenvalue weighted by molar-refractivity contribution is 6.03. The van der Waals surface area contributed by atoms with Gasteiger partial charge in [-0.1, -0.05) is 32.9 Å². The maximum absolute atomic E-state index is 13.7. The second-order valence-electron chi connectivity index (χ2n) is 13.1. The number of hydrogen-bond donors (Lipinski definition) is 2. The number of carbonyl (C=O) groups excluding carboxylic acids is 1. The van der Waals surface area contributed by atoms with Crippen LogP contribution >= 0.6 is 0 Å². The minimum Gasteiger partial charge on any atom is -0.382 e. The number of aryl methyl sites for hydroxylation is 1. The third-order valence-electron chi connectivity index (χ3n) is 9.28. The Labute approximate surface area is 242 Å². The average Bonchev–Trinajstić information content (AvgIpc) is 3.48. The number of pyridine rings is 1. The summed E-state index contributed by atoms with van der Waals surface area (Å²) in [6.45, 7) is 10.5. The fourth-order valence-corrected chi connectivity index (χ4v) is 7.14. The second kappa shape index (κ2) is 10.6. The second-order valence-corrected chi connectivity index (χ2v) is 13.1. The van der Waals surface area contributed by atoms with Crippen molar-refractivity contribution in [3.63, 3.8) is 0 Å². The van der Waals surface area contributed by atoms with Gasteiger partial charge in [-0.15, -0.1) is 10.2 Å². The molecule has 3 aromatic rings. The van der Waals surface area contributed by atoms with E-state index in [0.717, 1.165) is 73.0 Å². The highest BCUT2D eigenvalue weighted by Gasteiger charge is 2.49. The molecule has 2 N–H and O–H groups in total. The third-order valence-corrected chi connectivity index (χ3v) is 9.28. The number of anilines is 2. The van der Waals surface area contributed by atoms with Gasteiger partial charge in [-0.25, -0.2) is 4.98 Å². The lowest BCUT2D eigenvalue weighted by Crippen LogP contribution is -2.44. The first-order chi connectivity index (χ1) is 19.7. The van der Waals surface area contributed by atoms with E-state index in [2.05, 4.69) is 58.6 Å². The van der Waals surface area contributed by atoms with Crippen molar-refractivity contribution in [1.29, 1.82) is 5.26 Å². The Morgan fingerprint density at radius 2 is 2.10 bits per heavy atom. The van der Waals surface area contributed by atoms with Gasteiger partial charge in [-0.2, -0.15) is 5.26 Å². The first kappa shape index (κ1) is 27.4. The quantitative estimate of drug-likeness (QED) is 0.424. The van der Waals surface area contributed by atoms with Crippen LogP contribution in [0, 0.1) is 23.2 Å². The van der Waals surface area contributed by atoms with E-state index in [0.29, 0.717) is 24.0 Å². The molecule has 1 atom stereocenters. The van der Waals surface area contributed by atoms with Crippen molar-refractivity contribution >= 4 is 17.3 Å². The number of piperidine rings is 1. The van der Waals surface area contributed by atoms with Crippen molar-refractivity contribution < 1.29 is 4.79 Å². The number of aromatic nitrogens is 4. The van der Waals surface area contributed by atoms with Gasteiger partial charge in [0.15, 0.2) is 0 Å². The molecular weight excluding hydrogens is 512 g/mol. The summed E-state index contributed by atoms with van der Waals surface area (Å²) in [5, 5.41) is 24.6. The summed E-state index contributed by atoms with van der Waals surface area (Å²) in [7, 11) is 1.96. The number of benzene rings is 1. The van der Waals surface area contributed by atoms with Crippen LogP contribution in [-0.4, -0.2) is 50.2 Å². The number of amides is 1. The summed E-state index contributed by atoms with van der Waals surface area (Å²) < 4.78 is 1.96. The molecule has 2 aromatic heterocycles. The highest BCUT2D eigenvalue weighted by Crippen LogP contribution is 2.53. The minimum atomic E-state index is -0.326. The molecule has 41 heavy (non-hydrogen) atoms. The van der Waals surface area contributed by atoms with Gasteiger partial charge in [-0.05, 0) is 73.4 Å². The van der Waals surface area contributed by atoms with Gasteiger partial charge in [0, 0.05) is 44.2 Å². The third kappa shape index (κ3) is 5.10. The molecule has 1 saturated heterocycles. The first-order valence-corrected chi connectivity index (χ1v) is 14.8. The van der Waals surface area contributed by atoms with Gasteiger partial charge in [0.05, 0.1) is 22.9 Å². The lowest BCUT2D eigenvalue weighted by molar-refractivity contribution is 0.102. The van der Waals surface area contributed by atoms with Crippen LogP contribution in [0.3, 0.4) is 0 Å². The van der Waals surface area contributed by atoms with E-state index >= 15 is 0 Å². The van der Waals surface area contributed by atoms with E-state index in [9.17, 15) is 10.1 Å². The number of nitriles is 1. The molecular formula is C32H40N8O. The molecule has 1 saturated carbocycles. The standard InChI is InChI=1S/C32H40N8O/c1-21-7-6-12-40(17-21)18-23-13-26(37-28-27(23)34-19-31(28,2)3)29(41)36-25-9-5-8-24(14-25)32(15-22(16-32)10-11-33)30-38-35-20-39(30)4/h5,8-9,13-14,20-22,34H,6-7,10,12,15-19H2,1-4H3,(H,36,41)/t21-,22-,32+/m0/s1. The minimum absolute atomic E-state index is 0.151. The van der Waals surface area contributed by atoms with Gasteiger partial charge in [-0.3, -0.25) is 9.69 Å². The van der Waals surface area contributed by atoms with Gasteiger partial charge in [0.25, 0.3) is 5.91 Å². The predicted octanol–water partition coefficient (Wildman–Crippen LogP) is 5.01. The van der Waals surface area contributed by atoms with Crippen LogP contribution in [0.5, 0.6) is 0 Å². The van der Waals surface area contributed by atoms with Crippen LogP contribution < -0.4 is 10.6 Å². The van der Waals surface area contributed by atoms with Crippen molar-refractivity contribution in [2.45, 2.75) is 70.3 Å². The Morgan fingerprint density at radius 3 is 2.83 bits per heavy atom. The van der Waals surface area contributed by atoms with Gasteiger partial charge in [0.1, 0.15) is 17.8 Å². The zero-order valence-corrected chi connectivity index (χ0v) is 24.6. The molecule has 0 bridgehead atoms. The zero-order valence-electron chi connectivity index (χ0n) is 24.6. The molecule has 9 nitrogen and oxygen atoms in total. The molecule has 1 amide bonds. The fourth-order valence-electron chi connectivity index (χ4n) is 7.14. The number of rotatable bonds is 7. The summed E-state index contributed by atoms with van der Waals surface area (Å²) in [5.41, 5.74) is 4.99. The molecule has 4 heterocycles. The van der Waals surface area contributed by atoms with Crippen LogP contribution in [0.25, 0.3) is 0 Å². The van der Waals surface area contributed by atoms with Gasteiger partial charge < -0.3 is 15.2 Å². The van der Waals surface area contributed by atoms with Crippen LogP contribution in [0.2, 0.25) is 0 Å². The molecule has 1 aliphatic carbocycles. The van der Waals surface area contributed by atoms with Crippen LogP contribution in [0.4, 0.5) is 11.4 Å². The molecule has 0 radical (unpaired) electrons. The van der Waals surface area contributed by atoms with Crippen molar-refractivity contribution in [3.05, 3.63) is 65.0 Å². The zero-order chi connectivity index (χ0) is 28.8. The summed E-state index contributed by atoms with van der Waals surface area (Å²) in [6.07, 6.45) is 6.40. The Hall–Kier alpha value is -3.77. The molecule has 214 valence electrons. The molecule has 0 unspecified atom stereocenters. The highest BCUT2D eigenvalue weighted by atomic mass is 16.1. The summed E-state index contributed by atoms with van der Waals surface area (Å²) in [5.74, 6) is 1.70. The summed E-state index contributed by atoms with van der Waals surface area (Å²) in [4.78, 5) is 21.1. The lowest BCUT2D eigenvalue weighted by atomic mass is 9.57. The number of nitrogens with zero attached hydrogens (tertiary/aromatic N) is 6. The number of nitrogens with one attached hydrogen (secondary N) is 2. The smallest absolute Gasteiger partial charge is 0.274 e. The van der Waals surface area contributed by atoms with Crippen LogP contribution in [-0.2, 0) is 24.4 Å². The van der Waals surface area contributed by atoms with Crippen molar-refractivity contribution in [2.24, 2.45) is 18.9 Å². The normalized spacial score (nSPS) is 25.0. The van der Waals surface area contributed by atoms with E-state index in [1.165, 1.54) is 12.8 Å². The van der Waals surface area contributed by atoms with E-state index < -0.39 is 0 Å². The van der Waals surface area contributed by atoms with Gasteiger partial charge >= 0.3 is 0 Å². The largest absolute Gasteiger partial charge is 0.382 e. The fraction of sp³-hybridized carbons (Fsp3) is 0.531. The van der Waals surface area contributed by atoms with Crippen molar-refractivity contribution in [1.82, 2.24) is 24.6 Å². The first-order valence-electron chi connectivity index (χ1n) is 14.8. The molecule has 2 fully saturated rings. The topological polar surface area (TPSA) is 112 Å². The SMILES string of the molecule is C[C@H]1CCCN(Cc2cc(C(=O)Nc3cccc([C@]4(c5nncn5C)C[C@@H](CC#N)C4)c3)nc3c2NCC3(C)C)C1. The number of fused-ring (bicyclic) bond motifs is 1. The van der Waals surface area contributed by atoms with Crippen molar-refractivity contribution in [2.75, 3.05) is 30.3 Å². The van der Waals surface area contributed by atoms with E-state index in [1.807, 2.05) is 35.9 Å². The molecule has 0 spiro atoms. The average molecular weight is 553 g/mol. The van der Waals surface area contributed by atoms with Crippen LogP contribution in [0.15, 0.2) is 36.7 Å². The van der Waals surface area contributed by atoms with E-state index in [1.54, 1.807) is 6.33 Å². The van der Waals surface area contributed by atoms with Crippen LogP contribution in [0.1, 0.15) is 86.0 Å². The number of likely N-dealkylation sites (tertiary alicyclic amines) is 1. The lowest BCUT2D eigenvalue weighted by Gasteiger charge is -2.46. The van der Waals surface area contributed by atoms with E-state index in [-0.39, 0.29) is 16.7 Å². The van der Waals surface area contributed by atoms with E-state index in [4.69, 9.17) is 4.98 Å². The Morgan fingerprint density at radius 1 is 1.27 bits per heavy atom. The maximum atomic E-state index is 13.7. The summed E-state index contributed by atoms with van der Waals surface area (Å²) >= 11 is 0. The Bertz CT molecular complexity index is 1500. The monoisotopic (exact) mass is 552 g/mol. The Balaban J connectivity index is 1.28. The summed E-state index contributed by atoms with van der Waals surface area (Å²) in [6, 6.07) is 12.3. The molecule has 3 aliphatic rings. The molecule has 9 heteroatoms. The van der Waals surface area contributed by atoms with Gasteiger partial charge in [0.2, 0.25) is 0 Å². The molecule has 1 aromatic carbocycles. The predicted molar refractivity (Wildman–Crippen MR) is 159 cm³/mol. The Kier molecular flexibility index (Phi) is 7.06. The maximum Gasteiger partial charge on any atom is 0.274 e. The molecule has 6 rings (SSSR count).